The smallest absolute Gasteiger partial charge is 0.244 e. The highest BCUT2D eigenvalue weighted by atomic mass is 32.2. The van der Waals surface area contributed by atoms with Crippen LogP contribution in [0.4, 0.5) is 4.39 Å². The van der Waals surface area contributed by atoms with Gasteiger partial charge in [0.15, 0.2) is 5.82 Å². The van der Waals surface area contributed by atoms with E-state index in [9.17, 15) is 12.8 Å². The second-order valence-corrected chi connectivity index (χ2v) is 7.09. The van der Waals surface area contributed by atoms with Gasteiger partial charge in [0.05, 0.1) is 7.11 Å². The number of sulfonamides is 1. The predicted octanol–water partition coefficient (Wildman–Crippen LogP) is 2.07. The molecule has 0 aliphatic rings. The van der Waals surface area contributed by atoms with E-state index in [0.29, 0.717) is 18.1 Å². The number of nitrogens with zero attached hydrogens (tertiary/aromatic N) is 3. The summed E-state index contributed by atoms with van der Waals surface area (Å²) in [6.07, 6.45) is 5.02. The Morgan fingerprint density at radius 2 is 2.04 bits per heavy atom. The third-order valence-corrected chi connectivity index (χ3v) is 5.15. The first-order valence-electron chi connectivity index (χ1n) is 7.77. The first kappa shape index (κ1) is 18.0. The van der Waals surface area contributed by atoms with Crippen LogP contribution in [0.5, 0.6) is 5.75 Å². The van der Waals surface area contributed by atoms with E-state index in [1.54, 1.807) is 29.2 Å². The van der Waals surface area contributed by atoms with Gasteiger partial charge in [-0.1, -0.05) is 6.07 Å². The molecule has 9 heteroatoms. The van der Waals surface area contributed by atoms with Crippen molar-refractivity contribution in [3.63, 3.8) is 0 Å². The van der Waals surface area contributed by atoms with Crippen LogP contribution in [0.2, 0.25) is 0 Å². The zero-order valence-corrected chi connectivity index (χ0v) is 14.8. The van der Waals surface area contributed by atoms with Gasteiger partial charge in [-0.3, -0.25) is 4.98 Å². The number of nitrogens with one attached hydrogen (secondary N) is 1. The van der Waals surface area contributed by atoms with Gasteiger partial charge in [0.25, 0.3) is 0 Å². The van der Waals surface area contributed by atoms with E-state index in [4.69, 9.17) is 4.74 Å². The molecule has 0 aliphatic heterocycles. The fraction of sp³-hybridized carbons (Fsp3) is 0.176. The third-order valence-electron chi connectivity index (χ3n) is 3.67. The summed E-state index contributed by atoms with van der Waals surface area (Å²) in [6, 6.07) is 8.82. The Bertz CT molecular complexity index is 990. The maximum Gasteiger partial charge on any atom is 0.244 e. The fourth-order valence-electron chi connectivity index (χ4n) is 2.46. The molecule has 2 heterocycles. The van der Waals surface area contributed by atoms with Gasteiger partial charge in [0, 0.05) is 31.7 Å². The summed E-state index contributed by atoms with van der Waals surface area (Å²) in [7, 11) is -2.59. The topological polar surface area (TPSA) is 86.1 Å². The van der Waals surface area contributed by atoms with Gasteiger partial charge >= 0.3 is 0 Å². The molecule has 0 atom stereocenters. The van der Waals surface area contributed by atoms with Crippen LogP contribution in [0, 0.1) is 5.82 Å². The normalized spacial score (nSPS) is 11.5. The highest BCUT2D eigenvalue weighted by Crippen LogP contribution is 2.24. The van der Waals surface area contributed by atoms with Crippen molar-refractivity contribution >= 4 is 10.0 Å². The van der Waals surface area contributed by atoms with E-state index >= 15 is 0 Å². The molecule has 0 bridgehead atoms. The third kappa shape index (κ3) is 3.89. The number of aromatic nitrogens is 3. The van der Waals surface area contributed by atoms with E-state index < -0.39 is 15.8 Å². The van der Waals surface area contributed by atoms with Crippen LogP contribution >= 0.6 is 0 Å². The summed E-state index contributed by atoms with van der Waals surface area (Å²) in [4.78, 5) is 8.25. The summed E-state index contributed by atoms with van der Waals surface area (Å²) in [5.41, 5.74) is 0.687. The fourth-order valence-corrected chi connectivity index (χ4v) is 3.66. The molecule has 0 fully saturated rings. The zero-order valence-electron chi connectivity index (χ0n) is 14.0. The Balaban J connectivity index is 1.73. The molecule has 0 saturated heterocycles. The lowest BCUT2D eigenvalue weighted by Crippen LogP contribution is -2.28. The van der Waals surface area contributed by atoms with Crippen molar-refractivity contribution in [1.82, 2.24) is 19.3 Å². The maximum absolute atomic E-state index is 13.4. The van der Waals surface area contributed by atoms with Crippen LogP contribution in [0.1, 0.15) is 0 Å². The largest absolute Gasteiger partial charge is 0.495 e. The van der Waals surface area contributed by atoms with Gasteiger partial charge in [0.1, 0.15) is 22.2 Å². The number of pyridine rings is 1. The second kappa shape index (κ2) is 7.63. The van der Waals surface area contributed by atoms with Gasteiger partial charge < -0.3 is 9.30 Å². The lowest BCUT2D eigenvalue weighted by atomic mass is 10.3. The number of hydrogen-bond donors (Lipinski definition) is 1. The lowest BCUT2D eigenvalue weighted by molar-refractivity contribution is 0.400. The van der Waals surface area contributed by atoms with Crippen molar-refractivity contribution < 1.29 is 17.5 Å². The monoisotopic (exact) mass is 376 g/mol. The van der Waals surface area contributed by atoms with Crippen molar-refractivity contribution in [3.05, 3.63) is 60.8 Å². The first-order valence-corrected chi connectivity index (χ1v) is 9.25. The Morgan fingerprint density at radius 1 is 1.19 bits per heavy atom. The molecule has 0 unspecified atom stereocenters. The van der Waals surface area contributed by atoms with Crippen molar-refractivity contribution in [2.45, 2.75) is 11.4 Å². The van der Waals surface area contributed by atoms with Gasteiger partial charge in [-0.15, -0.1) is 0 Å². The van der Waals surface area contributed by atoms with Crippen LogP contribution in [0.15, 0.2) is 59.9 Å². The highest BCUT2D eigenvalue weighted by Gasteiger charge is 2.20. The van der Waals surface area contributed by atoms with Crippen LogP contribution in [0.25, 0.3) is 11.5 Å². The van der Waals surface area contributed by atoms with E-state index in [2.05, 4.69) is 14.7 Å². The summed E-state index contributed by atoms with van der Waals surface area (Å²) in [5, 5.41) is 0. The average molecular weight is 376 g/mol. The molecule has 0 saturated carbocycles. The maximum atomic E-state index is 13.4. The molecule has 0 aliphatic carbocycles. The number of halogens is 1. The summed E-state index contributed by atoms with van der Waals surface area (Å²) < 4.78 is 47.6. The first-order chi connectivity index (χ1) is 12.5. The van der Waals surface area contributed by atoms with Crippen LogP contribution in [-0.4, -0.2) is 36.6 Å². The highest BCUT2D eigenvalue weighted by molar-refractivity contribution is 7.89. The average Bonchev–Trinajstić information content (AvgIpc) is 3.11. The number of imidazole rings is 1. The van der Waals surface area contributed by atoms with Crippen LogP contribution < -0.4 is 9.46 Å². The summed E-state index contributed by atoms with van der Waals surface area (Å²) in [5.74, 6) is 0.0575. The Labute approximate surface area is 150 Å². The Kier molecular flexibility index (Phi) is 5.29. The van der Waals surface area contributed by atoms with Crippen molar-refractivity contribution in [2.24, 2.45) is 0 Å². The zero-order chi connectivity index (χ0) is 18.6. The Hall–Kier alpha value is -2.78. The van der Waals surface area contributed by atoms with Crippen molar-refractivity contribution in [1.29, 1.82) is 0 Å². The SMILES string of the molecule is COc1ccc(F)cc1S(=O)(=O)NCCn1ccnc1-c1ccccn1. The standard InChI is InChI=1S/C17H17FN4O3S/c1-25-15-6-5-13(18)12-16(15)26(23,24)21-9-11-22-10-8-20-17(22)14-4-2-3-7-19-14/h2-8,10,12,21H,9,11H2,1H3. The minimum absolute atomic E-state index is 0.0794. The predicted molar refractivity (Wildman–Crippen MR) is 93.6 cm³/mol. The summed E-state index contributed by atoms with van der Waals surface area (Å²) in [6.45, 7) is 0.432. The van der Waals surface area contributed by atoms with E-state index in [1.807, 2.05) is 12.1 Å². The molecule has 0 spiro atoms. The number of rotatable bonds is 7. The van der Waals surface area contributed by atoms with Crippen LogP contribution in [0.3, 0.4) is 0 Å². The van der Waals surface area contributed by atoms with E-state index in [-0.39, 0.29) is 17.2 Å². The molecule has 136 valence electrons. The number of ether oxygens (including phenoxy) is 1. The molecule has 2 aromatic heterocycles. The van der Waals surface area contributed by atoms with Gasteiger partial charge in [0.2, 0.25) is 10.0 Å². The minimum Gasteiger partial charge on any atom is -0.495 e. The quantitative estimate of drug-likeness (QED) is 0.682. The molecule has 0 radical (unpaired) electrons. The van der Waals surface area contributed by atoms with E-state index in [1.165, 1.54) is 13.2 Å². The number of hydrogen-bond acceptors (Lipinski definition) is 5. The molecular weight excluding hydrogens is 359 g/mol. The molecular formula is C17H17FN4O3S. The van der Waals surface area contributed by atoms with E-state index in [0.717, 1.165) is 12.1 Å². The molecule has 0 amide bonds. The molecule has 1 N–H and O–H groups in total. The second-order valence-electron chi connectivity index (χ2n) is 5.35. The minimum atomic E-state index is -3.92. The molecule has 3 rings (SSSR count). The van der Waals surface area contributed by atoms with Gasteiger partial charge in [-0.2, -0.15) is 0 Å². The Morgan fingerprint density at radius 3 is 2.77 bits per heavy atom. The van der Waals surface area contributed by atoms with Crippen molar-refractivity contribution in [2.75, 3.05) is 13.7 Å². The molecule has 3 aromatic rings. The van der Waals surface area contributed by atoms with Crippen molar-refractivity contribution in [3.8, 4) is 17.3 Å². The number of benzene rings is 1. The molecule has 7 nitrogen and oxygen atoms in total. The summed E-state index contributed by atoms with van der Waals surface area (Å²) >= 11 is 0. The molecule has 1 aromatic carbocycles. The van der Waals surface area contributed by atoms with Crippen LogP contribution in [-0.2, 0) is 16.6 Å². The molecule has 26 heavy (non-hydrogen) atoms. The lowest BCUT2D eigenvalue weighted by Gasteiger charge is -2.12. The van der Waals surface area contributed by atoms with Gasteiger partial charge in [-0.05, 0) is 30.3 Å². The number of methoxy groups -OCH3 is 1. The van der Waals surface area contributed by atoms with Gasteiger partial charge in [-0.25, -0.2) is 22.5 Å².